The summed E-state index contributed by atoms with van der Waals surface area (Å²) in [5.74, 6) is 1.99. The van der Waals surface area contributed by atoms with Crippen LogP contribution in [0.15, 0.2) is 33.6 Å². The summed E-state index contributed by atoms with van der Waals surface area (Å²) in [6, 6.07) is 2.00. The lowest BCUT2D eigenvalue weighted by Crippen LogP contribution is -2.39. The van der Waals surface area contributed by atoms with E-state index in [-0.39, 0.29) is 6.04 Å². The molecule has 5 nitrogen and oxygen atoms in total. The van der Waals surface area contributed by atoms with Crippen molar-refractivity contribution in [3.63, 3.8) is 0 Å². The molecule has 1 atom stereocenters. The van der Waals surface area contributed by atoms with Gasteiger partial charge < -0.3 is 14.7 Å². The van der Waals surface area contributed by atoms with E-state index in [4.69, 9.17) is 10.2 Å². The minimum Gasteiger partial charge on any atom is -0.466 e. The number of furan rings is 1. The van der Waals surface area contributed by atoms with Crippen LogP contribution in [-0.2, 0) is 13.1 Å². The van der Waals surface area contributed by atoms with Crippen molar-refractivity contribution in [2.75, 3.05) is 13.1 Å². The lowest BCUT2D eigenvalue weighted by Gasteiger charge is -2.33. The Morgan fingerprint density at radius 1 is 1.50 bits per heavy atom. The van der Waals surface area contributed by atoms with Gasteiger partial charge in [-0.05, 0) is 22.0 Å². The predicted molar refractivity (Wildman–Crippen MR) is 70.8 cm³/mol. The number of rotatable bonds is 3. The van der Waals surface area contributed by atoms with Gasteiger partial charge in [-0.1, -0.05) is 0 Å². The van der Waals surface area contributed by atoms with Gasteiger partial charge in [0, 0.05) is 32.0 Å². The predicted octanol–water partition coefficient (Wildman–Crippen LogP) is 1.75. The minimum atomic E-state index is 0.0971. The fourth-order valence-electron chi connectivity index (χ4n) is 2.42. The lowest BCUT2D eigenvalue weighted by molar-refractivity contribution is 0.139. The molecular formula is C12H15BrN4O. The van der Waals surface area contributed by atoms with Crippen molar-refractivity contribution in [1.29, 1.82) is 0 Å². The van der Waals surface area contributed by atoms with Gasteiger partial charge in [0.25, 0.3) is 0 Å². The fourth-order valence-corrected chi connectivity index (χ4v) is 2.89. The maximum absolute atomic E-state index is 5.91. The van der Waals surface area contributed by atoms with Crippen LogP contribution in [0.5, 0.6) is 0 Å². The quantitative estimate of drug-likeness (QED) is 0.938. The third-order valence-electron chi connectivity index (χ3n) is 3.39. The Hall–Kier alpha value is -1.11. The summed E-state index contributed by atoms with van der Waals surface area (Å²) < 4.78 is 8.70. The Morgan fingerprint density at radius 3 is 3.11 bits per heavy atom. The molecule has 2 N–H and O–H groups in total. The highest BCUT2D eigenvalue weighted by Crippen LogP contribution is 2.30. The van der Waals surface area contributed by atoms with Crippen LogP contribution in [0, 0.1) is 0 Å². The number of fused-ring (bicyclic) bond motifs is 1. The van der Waals surface area contributed by atoms with Crippen LogP contribution in [0.2, 0.25) is 0 Å². The molecule has 0 aromatic carbocycles. The van der Waals surface area contributed by atoms with E-state index in [0.717, 1.165) is 35.7 Å². The number of hydrogen-bond acceptors (Lipinski definition) is 4. The van der Waals surface area contributed by atoms with Gasteiger partial charge >= 0.3 is 0 Å². The van der Waals surface area contributed by atoms with Gasteiger partial charge in [-0.2, -0.15) is 0 Å². The third kappa shape index (κ3) is 2.00. The summed E-state index contributed by atoms with van der Waals surface area (Å²) in [7, 11) is 0. The first-order chi connectivity index (χ1) is 8.79. The highest BCUT2D eigenvalue weighted by Gasteiger charge is 2.27. The zero-order valence-corrected chi connectivity index (χ0v) is 11.5. The van der Waals surface area contributed by atoms with Gasteiger partial charge in [-0.15, -0.1) is 0 Å². The van der Waals surface area contributed by atoms with E-state index in [1.165, 1.54) is 0 Å². The average molecular weight is 311 g/mol. The van der Waals surface area contributed by atoms with Crippen molar-refractivity contribution in [3.8, 4) is 0 Å². The lowest BCUT2D eigenvalue weighted by atomic mass is 10.1. The maximum Gasteiger partial charge on any atom is 0.136 e. The van der Waals surface area contributed by atoms with Gasteiger partial charge in [0.2, 0.25) is 0 Å². The molecule has 3 rings (SSSR count). The number of aromatic nitrogens is 2. The molecule has 0 amide bonds. The summed E-state index contributed by atoms with van der Waals surface area (Å²) in [6.45, 7) is 3.25. The fraction of sp³-hybridized carbons (Fsp3) is 0.417. The number of halogens is 1. The third-order valence-corrected chi connectivity index (χ3v) is 4.04. The number of nitrogens with two attached hydrogens (primary N) is 1. The highest BCUT2D eigenvalue weighted by molar-refractivity contribution is 9.10. The van der Waals surface area contributed by atoms with Gasteiger partial charge in [-0.3, -0.25) is 4.90 Å². The molecule has 0 bridgehead atoms. The number of nitrogens with zero attached hydrogens (tertiary/aromatic N) is 3. The molecule has 3 heterocycles. The normalized spacial score (nSPS) is 17.7. The molecule has 2 aromatic heterocycles. The second-order valence-electron chi connectivity index (χ2n) is 4.39. The number of imidazole rings is 1. The monoisotopic (exact) mass is 310 g/mol. The Bertz CT molecular complexity index is 536. The van der Waals surface area contributed by atoms with Crippen LogP contribution in [0.3, 0.4) is 0 Å². The molecule has 0 aliphatic carbocycles. The SMILES string of the molecule is NCC(c1occc1Br)N1CCn2ccnc2C1. The molecule has 18 heavy (non-hydrogen) atoms. The zero-order chi connectivity index (χ0) is 12.5. The van der Waals surface area contributed by atoms with E-state index >= 15 is 0 Å². The van der Waals surface area contributed by atoms with Crippen LogP contribution in [0.1, 0.15) is 17.6 Å². The smallest absolute Gasteiger partial charge is 0.136 e. The Morgan fingerprint density at radius 2 is 2.39 bits per heavy atom. The minimum absolute atomic E-state index is 0.0971. The van der Waals surface area contributed by atoms with Crippen molar-refractivity contribution in [2.24, 2.45) is 5.73 Å². The van der Waals surface area contributed by atoms with Gasteiger partial charge in [-0.25, -0.2) is 4.98 Å². The first kappa shape index (κ1) is 12.0. The highest BCUT2D eigenvalue weighted by atomic mass is 79.9. The molecule has 6 heteroatoms. The van der Waals surface area contributed by atoms with Crippen LogP contribution in [0.25, 0.3) is 0 Å². The van der Waals surface area contributed by atoms with E-state index in [1.54, 1.807) is 6.26 Å². The van der Waals surface area contributed by atoms with Gasteiger partial charge in [0.1, 0.15) is 11.6 Å². The average Bonchev–Trinajstić information content (AvgIpc) is 2.99. The maximum atomic E-state index is 5.91. The largest absolute Gasteiger partial charge is 0.466 e. The van der Waals surface area contributed by atoms with Crippen molar-refractivity contribution in [1.82, 2.24) is 14.5 Å². The van der Waals surface area contributed by atoms with Crippen molar-refractivity contribution >= 4 is 15.9 Å². The summed E-state index contributed by atoms with van der Waals surface area (Å²) >= 11 is 3.50. The van der Waals surface area contributed by atoms with Crippen molar-refractivity contribution in [2.45, 2.75) is 19.1 Å². The zero-order valence-electron chi connectivity index (χ0n) is 9.92. The van der Waals surface area contributed by atoms with Crippen LogP contribution in [0.4, 0.5) is 0 Å². The molecule has 0 radical (unpaired) electrons. The Labute approximate surface area is 114 Å². The summed E-state index contributed by atoms with van der Waals surface area (Å²) in [5, 5.41) is 0. The summed E-state index contributed by atoms with van der Waals surface area (Å²) in [6.07, 6.45) is 5.55. The number of hydrogen-bond donors (Lipinski definition) is 1. The van der Waals surface area contributed by atoms with Crippen LogP contribution < -0.4 is 5.73 Å². The molecule has 2 aromatic rings. The van der Waals surface area contributed by atoms with Gasteiger partial charge in [0.15, 0.2) is 0 Å². The molecule has 0 spiro atoms. The standard InChI is InChI=1S/C12H15BrN4O/c13-9-1-6-18-12(9)10(7-14)17-5-4-16-3-2-15-11(16)8-17/h1-3,6,10H,4-5,7-8,14H2. The first-order valence-electron chi connectivity index (χ1n) is 5.96. The van der Waals surface area contributed by atoms with E-state index in [1.807, 2.05) is 18.5 Å². The van der Waals surface area contributed by atoms with E-state index < -0.39 is 0 Å². The first-order valence-corrected chi connectivity index (χ1v) is 6.76. The summed E-state index contributed by atoms with van der Waals surface area (Å²) in [4.78, 5) is 6.68. The van der Waals surface area contributed by atoms with Crippen LogP contribution in [-0.4, -0.2) is 27.5 Å². The van der Waals surface area contributed by atoms with Crippen LogP contribution >= 0.6 is 15.9 Å². The van der Waals surface area contributed by atoms with Crippen molar-refractivity contribution in [3.05, 3.63) is 40.8 Å². The Kier molecular flexibility index (Phi) is 3.23. The van der Waals surface area contributed by atoms with E-state index in [9.17, 15) is 0 Å². The van der Waals surface area contributed by atoms with E-state index in [0.29, 0.717) is 6.54 Å². The molecule has 1 unspecified atom stereocenters. The second-order valence-corrected chi connectivity index (χ2v) is 5.25. The van der Waals surface area contributed by atoms with Gasteiger partial charge in [0.05, 0.1) is 23.3 Å². The molecule has 1 aliphatic heterocycles. The molecule has 0 fully saturated rings. The molecule has 0 saturated heterocycles. The molecule has 96 valence electrons. The Balaban J connectivity index is 1.84. The van der Waals surface area contributed by atoms with Crippen molar-refractivity contribution < 1.29 is 4.42 Å². The molecule has 0 saturated carbocycles. The van der Waals surface area contributed by atoms with E-state index in [2.05, 4.69) is 30.4 Å². The molecule has 1 aliphatic rings. The second kappa shape index (κ2) is 4.87. The summed E-state index contributed by atoms with van der Waals surface area (Å²) in [5.41, 5.74) is 5.91. The topological polar surface area (TPSA) is 60.2 Å². The molecular weight excluding hydrogens is 296 g/mol.